The summed E-state index contributed by atoms with van der Waals surface area (Å²) in [5, 5.41) is 2.85. The van der Waals surface area contributed by atoms with Gasteiger partial charge in [-0.3, -0.25) is 9.69 Å². The van der Waals surface area contributed by atoms with E-state index in [-0.39, 0.29) is 11.9 Å². The van der Waals surface area contributed by atoms with Gasteiger partial charge >= 0.3 is 6.03 Å². The molecule has 0 bridgehead atoms. The summed E-state index contributed by atoms with van der Waals surface area (Å²) in [6.07, 6.45) is 1.73. The number of imide groups is 1. The molecule has 3 rings (SSSR count). The van der Waals surface area contributed by atoms with Gasteiger partial charge in [-0.15, -0.1) is 0 Å². The number of nitrogens with two attached hydrogens (primary N) is 1. The van der Waals surface area contributed by atoms with Gasteiger partial charge in [-0.2, -0.15) is 0 Å². The van der Waals surface area contributed by atoms with Crippen LogP contribution < -0.4 is 11.1 Å². The molecule has 2 saturated heterocycles. The van der Waals surface area contributed by atoms with Crippen molar-refractivity contribution in [3.8, 4) is 0 Å². The van der Waals surface area contributed by atoms with Crippen LogP contribution in [0.3, 0.4) is 0 Å². The highest BCUT2D eigenvalue weighted by Gasteiger charge is 2.51. The molecule has 2 heterocycles. The molecule has 1 spiro atoms. The number of amides is 3. The van der Waals surface area contributed by atoms with Crippen LogP contribution in [0.15, 0.2) is 24.3 Å². The molecule has 1 aromatic rings. The van der Waals surface area contributed by atoms with Crippen LogP contribution in [0.4, 0.5) is 10.5 Å². The van der Waals surface area contributed by atoms with Crippen molar-refractivity contribution >= 4 is 17.6 Å². The first-order valence-corrected chi connectivity index (χ1v) is 7.17. The van der Waals surface area contributed by atoms with Gasteiger partial charge in [0.15, 0.2) is 0 Å². The Morgan fingerprint density at radius 3 is 2.52 bits per heavy atom. The highest BCUT2D eigenvalue weighted by molar-refractivity contribution is 6.07. The summed E-state index contributed by atoms with van der Waals surface area (Å²) in [7, 11) is 0. The zero-order chi connectivity index (χ0) is 14.9. The molecule has 6 nitrogen and oxygen atoms in total. The zero-order valence-electron chi connectivity index (χ0n) is 11.8. The van der Waals surface area contributed by atoms with E-state index in [0.29, 0.717) is 44.7 Å². The minimum Gasteiger partial charge on any atom is -0.399 e. The summed E-state index contributed by atoms with van der Waals surface area (Å²) in [6, 6.07) is 7.18. The Hall–Kier alpha value is -2.08. The number of hydrogen-bond donors (Lipinski definition) is 2. The normalized spacial score (nSPS) is 20.9. The van der Waals surface area contributed by atoms with Gasteiger partial charge in [-0.05, 0) is 24.1 Å². The number of rotatable bonds is 3. The standard InChI is InChI=1S/C15H19N3O3/c16-12-3-1-11(2-4-12)5-8-18-13(19)15(17-14(18)20)6-9-21-10-7-15/h1-4H,5-10,16H2,(H,17,20). The summed E-state index contributed by atoms with van der Waals surface area (Å²) in [5.41, 5.74) is 6.66. The fraction of sp³-hybridized carbons (Fsp3) is 0.467. The fourth-order valence-corrected chi connectivity index (χ4v) is 2.86. The van der Waals surface area contributed by atoms with E-state index in [2.05, 4.69) is 5.32 Å². The average molecular weight is 289 g/mol. The van der Waals surface area contributed by atoms with Crippen molar-refractivity contribution in [3.05, 3.63) is 29.8 Å². The molecule has 21 heavy (non-hydrogen) atoms. The SMILES string of the molecule is Nc1ccc(CCN2C(=O)NC3(CCOCC3)C2=O)cc1. The minimum atomic E-state index is -0.740. The van der Waals surface area contributed by atoms with Crippen molar-refractivity contribution in [2.75, 3.05) is 25.5 Å². The molecule has 0 aromatic heterocycles. The van der Waals surface area contributed by atoms with Crippen molar-refractivity contribution in [1.82, 2.24) is 10.2 Å². The van der Waals surface area contributed by atoms with Crippen molar-refractivity contribution in [3.63, 3.8) is 0 Å². The van der Waals surface area contributed by atoms with Crippen LogP contribution >= 0.6 is 0 Å². The molecule has 0 radical (unpaired) electrons. The van der Waals surface area contributed by atoms with Crippen molar-refractivity contribution in [2.45, 2.75) is 24.8 Å². The first kappa shape index (κ1) is 13.9. The lowest BCUT2D eigenvalue weighted by Gasteiger charge is -2.30. The maximum absolute atomic E-state index is 12.5. The van der Waals surface area contributed by atoms with Crippen LogP contribution in [0.5, 0.6) is 0 Å². The second kappa shape index (κ2) is 5.37. The average Bonchev–Trinajstić information content (AvgIpc) is 2.71. The first-order chi connectivity index (χ1) is 10.1. The number of ether oxygens (including phenoxy) is 1. The molecule has 2 fully saturated rings. The maximum atomic E-state index is 12.5. The van der Waals surface area contributed by atoms with Crippen LogP contribution in [0.2, 0.25) is 0 Å². The van der Waals surface area contributed by atoms with Crippen molar-refractivity contribution in [2.24, 2.45) is 0 Å². The summed E-state index contributed by atoms with van der Waals surface area (Å²) in [6.45, 7) is 1.41. The van der Waals surface area contributed by atoms with Crippen LogP contribution in [-0.2, 0) is 16.0 Å². The first-order valence-electron chi connectivity index (χ1n) is 7.17. The second-order valence-electron chi connectivity index (χ2n) is 5.57. The van der Waals surface area contributed by atoms with E-state index in [1.165, 1.54) is 4.90 Å². The lowest BCUT2D eigenvalue weighted by molar-refractivity contribution is -0.134. The molecule has 0 atom stereocenters. The maximum Gasteiger partial charge on any atom is 0.325 e. The molecule has 3 amide bonds. The topological polar surface area (TPSA) is 84.7 Å². The molecule has 6 heteroatoms. The third kappa shape index (κ3) is 2.58. The molecule has 0 unspecified atom stereocenters. The Kier molecular flexibility index (Phi) is 3.55. The predicted molar refractivity (Wildman–Crippen MR) is 77.6 cm³/mol. The largest absolute Gasteiger partial charge is 0.399 e. The summed E-state index contributed by atoms with van der Waals surface area (Å²) in [5.74, 6) is -0.119. The Morgan fingerprint density at radius 2 is 1.86 bits per heavy atom. The predicted octanol–water partition coefficient (Wildman–Crippen LogP) is 0.912. The van der Waals surface area contributed by atoms with E-state index in [4.69, 9.17) is 10.5 Å². The smallest absolute Gasteiger partial charge is 0.325 e. The molecule has 0 aliphatic carbocycles. The Labute approximate surface area is 123 Å². The number of urea groups is 1. The van der Waals surface area contributed by atoms with E-state index in [1.54, 1.807) is 0 Å². The lowest BCUT2D eigenvalue weighted by atomic mass is 9.90. The van der Waals surface area contributed by atoms with Gasteiger partial charge < -0.3 is 15.8 Å². The van der Waals surface area contributed by atoms with Gasteiger partial charge in [0.25, 0.3) is 5.91 Å². The van der Waals surface area contributed by atoms with Gasteiger partial charge in [0.05, 0.1) is 0 Å². The molecule has 1 aromatic carbocycles. The van der Waals surface area contributed by atoms with Gasteiger partial charge in [-0.1, -0.05) is 12.1 Å². The van der Waals surface area contributed by atoms with Crippen molar-refractivity contribution < 1.29 is 14.3 Å². The highest BCUT2D eigenvalue weighted by atomic mass is 16.5. The third-order valence-corrected chi connectivity index (χ3v) is 4.20. The van der Waals surface area contributed by atoms with E-state index < -0.39 is 5.54 Å². The molecule has 3 N–H and O–H groups in total. The van der Waals surface area contributed by atoms with Gasteiger partial charge in [0.2, 0.25) is 0 Å². The summed E-state index contributed by atoms with van der Waals surface area (Å²) < 4.78 is 5.28. The van der Waals surface area contributed by atoms with Gasteiger partial charge in [-0.25, -0.2) is 4.79 Å². The fourth-order valence-electron chi connectivity index (χ4n) is 2.86. The van der Waals surface area contributed by atoms with Gasteiger partial charge in [0, 0.05) is 38.3 Å². The molecular formula is C15H19N3O3. The van der Waals surface area contributed by atoms with E-state index >= 15 is 0 Å². The van der Waals surface area contributed by atoms with E-state index in [1.807, 2.05) is 24.3 Å². The number of benzene rings is 1. The van der Waals surface area contributed by atoms with E-state index in [9.17, 15) is 9.59 Å². The molecule has 112 valence electrons. The Morgan fingerprint density at radius 1 is 1.19 bits per heavy atom. The minimum absolute atomic E-state index is 0.119. The number of nitrogens with zero attached hydrogens (tertiary/aromatic N) is 1. The number of carbonyl (C=O) groups is 2. The molecular weight excluding hydrogens is 270 g/mol. The number of anilines is 1. The number of nitrogens with one attached hydrogen (secondary N) is 1. The molecule has 0 saturated carbocycles. The van der Waals surface area contributed by atoms with Crippen molar-refractivity contribution in [1.29, 1.82) is 0 Å². The second-order valence-corrected chi connectivity index (χ2v) is 5.57. The van der Waals surface area contributed by atoms with Crippen LogP contribution in [0.1, 0.15) is 18.4 Å². The van der Waals surface area contributed by atoms with Crippen LogP contribution in [0, 0.1) is 0 Å². The zero-order valence-corrected chi connectivity index (χ0v) is 11.8. The lowest BCUT2D eigenvalue weighted by Crippen LogP contribution is -2.51. The number of hydrogen-bond acceptors (Lipinski definition) is 4. The summed E-state index contributed by atoms with van der Waals surface area (Å²) in [4.78, 5) is 25.9. The summed E-state index contributed by atoms with van der Waals surface area (Å²) >= 11 is 0. The Bertz CT molecular complexity index is 550. The van der Waals surface area contributed by atoms with E-state index in [0.717, 1.165) is 5.56 Å². The number of carbonyl (C=O) groups excluding carboxylic acids is 2. The number of nitrogen functional groups attached to an aromatic ring is 1. The van der Waals surface area contributed by atoms with Crippen LogP contribution in [-0.4, -0.2) is 42.1 Å². The van der Waals surface area contributed by atoms with Crippen LogP contribution in [0.25, 0.3) is 0 Å². The third-order valence-electron chi connectivity index (χ3n) is 4.20. The van der Waals surface area contributed by atoms with Gasteiger partial charge in [0.1, 0.15) is 5.54 Å². The monoisotopic (exact) mass is 289 g/mol. The highest BCUT2D eigenvalue weighted by Crippen LogP contribution is 2.28. The molecule has 2 aliphatic heterocycles. The molecule has 2 aliphatic rings. The quantitative estimate of drug-likeness (QED) is 0.640. The Balaban J connectivity index is 1.66.